The highest BCUT2D eigenvalue weighted by Crippen LogP contribution is 2.38. The largest absolute Gasteiger partial charge is 0.459 e. The van der Waals surface area contributed by atoms with E-state index in [1.807, 2.05) is 37.3 Å². The highest BCUT2D eigenvalue weighted by Gasteiger charge is 2.48. The van der Waals surface area contributed by atoms with Crippen molar-refractivity contribution in [1.29, 1.82) is 0 Å². The van der Waals surface area contributed by atoms with E-state index in [2.05, 4.69) is 0 Å². The van der Waals surface area contributed by atoms with Crippen molar-refractivity contribution in [3.8, 4) is 0 Å². The molecule has 29 heavy (non-hydrogen) atoms. The van der Waals surface area contributed by atoms with Crippen molar-refractivity contribution < 1.29 is 22.1 Å². The van der Waals surface area contributed by atoms with Crippen LogP contribution < -0.4 is 5.73 Å². The molecule has 0 aromatic heterocycles. The van der Waals surface area contributed by atoms with Gasteiger partial charge in [0.25, 0.3) is 10.1 Å². The van der Waals surface area contributed by atoms with Crippen LogP contribution in [0.4, 0.5) is 0 Å². The summed E-state index contributed by atoms with van der Waals surface area (Å²) in [5.41, 5.74) is 6.00. The Morgan fingerprint density at radius 1 is 1.07 bits per heavy atom. The quantitative estimate of drug-likeness (QED) is 0.548. The first-order valence-electron chi connectivity index (χ1n) is 9.78. The van der Waals surface area contributed by atoms with Gasteiger partial charge in [0.05, 0.1) is 4.90 Å². The normalized spacial score (nSPS) is 22.2. The summed E-state index contributed by atoms with van der Waals surface area (Å²) < 4.78 is 36.9. The van der Waals surface area contributed by atoms with Gasteiger partial charge in [0.15, 0.2) is 5.60 Å². The smallest absolute Gasteiger partial charge is 0.340 e. The molecule has 156 valence electrons. The fourth-order valence-corrected chi connectivity index (χ4v) is 4.74. The molecular weight excluding hydrogens is 390 g/mol. The first-order valence-corrected chi connectivity index (χ1v) is 11.2. The number of aryl methyl sites for hydroxylation is 1. The second-order valence-electron chi connectivity index (χ2n) is 7.59. The molecular formula is C22H27NO5S. The molecule has 6 nitrogen and oxygen atoms in total. The topological polar surface area (TPSA) is 95.7 Å². The summed E-state index contributed by atoms with van der Waals surface area (Å²) in [7, 11) is -4.12. The number of hydrogen-bond acceptors (Lipinski definition) is 6. The third kappa shape index (κ3) is 5.23. The van der Waals surface area contributed by atoms with E-state index < -0.39 is 21.7 Å². The summed E-state index contributed by atoms with van der Waals surface area (Å²) in [6, 6.07) is 15.6. The van der Waals surface area contributed by atoms with E-state index in [9.17, 15) is 13.2 Å². The Hall–Kier alpha value is -2.22. The Kier molecular flexibility index (Phi) is 6.72. The van der Waals surface area contributed by atoms with Gasteiger partial charge in [-0.15, -0.1) is 0 Å². The number of carbonyl (C=O) groups excluding carboxylic acids is 1. The Morgan fingerprint density at radius 3 is 2.28 bits per heavy atom. The minimum absolute atomic E-state index is 0.0271. The van der Waals surface area contributed by atoms with Gasteiger partial charge in [0.2, 0.25) is 0 Å². The van der Waals surface area contributed by atoms with Gasteiger partial charge in [-0.1, -0.05) is 48.0 Å². The molecule has 0 spiro atoms. The maximum Gasteiger partial charge on any atom is 0.340 e. The maximum absolute atomic E-state index is 13.0. The standard InChI is InChI=1S/C22H27NO5S/c1-17-7-9-20(10-8-17)29(25,26)28-22(13-11-18(15-23)12-14-22)21(24)27-16-19-5-3-2-4-6-19/h2-10,18H,11-16,23H2,1H3. The second-order valence-corrected chi connectivity index (χ2v) is 9.13. The van der Waals surface area contributed by atoms with Gasteiger partial charge >= 0.3 is 5.97 Å². The molecule has 0 atom stereocenters. The average molecular weight is 418 g/mol. The van der Waals surface area contributed by atoms with Crippen molar-refractivity contribution in [3.63, 3.8) is 0 Å². The number of carbonyl (C=O) groups is 1. The van der Waals surface area contributed by atoms with Gasteiger partial charge in [0.1, 0.15) is 6.61 Å². The highest BCUT2D eigenvalue weighted by atomic mass is 32.2. The van der Waals surface area contributed by atoms with Crippen molar-refractivity contribution >= 4 is 16.1 Å². The van der Waals surface area contributed by atoms with E-state index in [1.54, 1.807) is 12.1 Å². The molecule has 7 heteroatoms. The maximum atomic E-state index is 13.0. The Bertz CT molecular complexity index is 917. The van der Waals surface area contributed by atoms with E-state index in [4.69, 9.17) is 14.7 Å². The lowest BCUT2D eigenvalue weighted by atomic mass is 9.79. The van der Waals surface area contributed by atoms with E-state index >= 15 is 0 Å². The lowest BCUT2D eigenvalue weighted by Crippen LogP contribution is -2.48. The highest BCUT2D eigenvalue weighted by molar-refractivity contribution is 7.86. The van der Waals surface area contributed by atoms with E-state index in [0.29, 0.717) is 19.4 Å². The monoisotopic (exact) mass is 417 g/mol. The fraction of sp³-hybridized carbons (Fsp3) is 0.409. The van der Waals surface area contributed by atoms with Crippen molar-refractivity contribution in [1.82, 2.24) is 0 Å². The predicted octanol–water partition coefficient (Wildman–Crippen LogP) is 3.33. The van der Waals surface area contributed by atoms with E-state index in [0.717, 1.165) is 11.1 Å². The Balaban J connectivity index is 1.81. The van der Waals surface area contributed by atoms with Crippen molar-refractivity contribution in [2.24, 2.45) is 11.7 Å². The lowest BCUT2D eigenvalue weighted by molar-refractivity contribution is -0.167. The van der Waals surface area contributed by atoms with Crippen LogP contribution in [0.5, 0.6) is 0 Å². The van der Waals surface area contributed by atoms with Crippen LogP contribution in [0.25, 0.3) is 0 Å². The summed E-state index contributed by atoms with van der Waals surface area (Å²) in [6.45, 7) is 2.43. The molecule has 1 saturated carbocycles. The SMILES string of the molecule is Cc1ccc(S(=O)(=O)OC2(C(=O)OCc3ccccc3)CCC(CN)CC2)cc1. The zero-order valence-electron chi connectivity index (χ0n) is 16.5. The molecule has 0 amide bonds. The number of hydrogen-bond donors (Lipinski definition) is 1. The van der Waals surface area contributed by atoms with Crippen LogP contribution >= 0.6 is 0 Å². The minimum atomic E-state index is -4.12. The summed E-state index contributed by atoms with van der Waals surface area (Å²) in [6.07, 6.45) is 1.74. The first kappa shape index (κ1) is 21.5. The molecule has 0 bridgehead atoms. The zero-order chi connectivity index (χ0) is 20.9. The van der Waals surface area contributed by atoms with Crippen LogP contribution in [-0.2, 0) is 30.4 Å². The van der Waals surface area contributed by atoms with Crippen LogP contribution in [0.2, 0.25) is 0 Å². The van der Waals surface area contributed by atoms with E-state index in [1.165, 1.54) is 12.1 Å². The van der Waals surface area contributed by atoms with E-state index in [-0.39, 0.29) is 30.3 Å². The number of ether oxygens (including phenoxy) is 1. The Morgan fingerprint density at radius 2 is 1.69 bits per heavy atom. The van der Waals surface area contributed by atoms with Crippen LogP contribution in [0.15, 0.2) is 59.5 Å². The van der Waals surface area contributed by atoms with Gasteiger partial charge in [-0.2, -0.15) is 8.42 Å². The Labute approximate surface area is 172 Å². The van der Waals surface area contributed by atoms with Gasteiger partial charge in [-0.05, 0) is 62.8 Å². The van der Waals surface area contributed by atoms with Crippen LogP contribution in [0.3, 0.4) is 0 Å². The van der Waals surface area contributed by atoms with Gasteiger partial charge in [-0.25, -0.2) is 8.98 Å². The van der Waals surface area contributed by atoms with Gasteiger partial charge in [0, 0.05) is 0 Å². The lowest BCUT2D eigenvalue weighted by Gasteiger charge is -2.36. The molecule has 0 heterocycles. The average Bonchev–Trinajstić information content (AvgIpc) is 2.73. The molecule has 0 aliphatic heterocycles. The molecule has 1 fully saturated rings. The van der Waals surface area contributed by atoms with Crippen molar-refractivity contribution in [3.05, 3.63) is 65.7 Å². The molecule has 2 N–H and O–H groups in total. The second kappa shape index (κ2) is 9.07. The molecule has 3 rings (SSSR count). The van der Waals surface area contributed by atoms with Crippen LogP contribution in [0.1, 0.15) is 36.8 Å². The summed E-state index contributed by atoms with van der Waals surface area (Å²) >= 11 is 0. The van der Waals surface area contributed by atoms with Crippen molar-refractivity contribution in [2.45, 2.75) is 49.7 Å². The molecule has 0 radical (unpaired) electrons. The molecule has 2 aromatic carbocycles. The predicted molar refractivity (Wildman–Crippen MR) is 109 cm³/mol. The number of benzene rings is 2. The molecule has 1 aliphatic rings. The third-order valence-corrected chi connectivity index (χ3v) is 6.80. The minimum Gasteiger partial charge on any atom is -0.459 e. The number of nitrogens with two attached hydrogens (primary N) is 1. The zero-order valence-corrected chi connectivity index (χ0v) is 17.4. The summed E-state index contributed by atoms with van der Waals surface area (Å²) in [4.78, 5) is 13.0. The molecule has 0 unspecified atom stereocenters. The molecule has 2 aromatic rings. The molecule has 1 aliphatic carbocycles. The summed E-state index contributed by atoms with van der Waals surface area (Å²) in [5, 5.41) is 0. The third-order valence-electron chi connectivity index (χ3n) is 5.41. The van der Waals surface area contributed by atoms with Crippen molar-refractivity contribution in [2.75, 3.05) is 6.54 Å². The van der Waals surface area contributed by atoms with Crippen LogP contribution in [0, 0.1) is 12.8 Å². The number of esters is 1. The van der Waals surface area contributed by atoms with Gasteiger partial charge in [-0.3, -0.25) is 0 Å². The number of rotatable bonds is 7. The van der Waals surface area contributed by atoms with Gasteiger partial charge < -0.3 is 10.5 Å². The summed E-state index contributed by atoms with van der Waals surface area (Å²) in [5.74, 6) is -0.400. The molecule has 0 saturated heterocycles. The van der Waals surface area contributed by atoms with Crippen LogP contribution in [-0.4, -0.2) is 26.5 Å². The first-order chi connectivity index (χ1) is 13.8. The fourth-order valence-electron chi connectivity index (χ4n) is 3.52.